The van der Waals surface area contributed by atoms with Gasteiger partial charge in [-0.15, -0.1) is 11.3 Å². The maximum absolute atomic E-state index is 12.2. The first-order chi connectivity index (χ1) is 9.24. The van der Waals surface area contributed by atoms with Crippen LogP contribution in [0.15, 0.2) is 18.2 Å². The number of nitrogens with zero attached hydrogens (tertiary/aromatic N) is 1. The van der Waals surface area contributed by atoms with Crippen molar-refractivity contribution in [3.8, 4) is 0 Å². The number of Topliss-reactive ketones (excluding diaryl/α,β-unsaturated/α-hetero) is 1. The van der Waals surface area contributed by atoms with Crippen LogP contribution in [-0.2, 0) is 11.2 Å². The van der Waals surface area contributed by atoms with Gasteiger partial charge in [0.1, 0.15) is 10.5 Å². The summed E-state index contributed by atoms with van der Waals surface area (Å²) < 4.78 is 1.05. The van der Waals surface area contributed by atoms with Crippen molar-refractivity contribution in [1.82, 2.24) is 10.3 Å². The van der Waals surface area contributed by atoms with Crippen molar-refractivity contribution in [3.63, 3.8) is 0 Å². The number of carbonyl (C=O) groups is 1. The predicted octanol–water partition coefficient (Wildman–Crippen LogP) is 3.20. The summed E-state index contributed by atoms with van der Waals surface area (Å²) in [5.41, 5.74) is 0.813. The molecule has 1 saturated heterocycles. The molecule has 0 amide bonds. The molecular weight excluding hydrogens is 280 g/mol. The Balaban J connectivity index is 1.77. The van der Waals surface area contributed by atoms with Crippen LogP contribution in [0.1, 0.15) is 24.3 Å². The summed E-state index contributed by atoms with van der Waals surface area (Å²) in [6.45, 7) is 0.947. The molecule has 1 N–H and O–H groups in total. The topological polar surface area (TPSA) is 42.0 Å². The molecule has 1 aliphatic heterocycles. The Morgan fingerprint density at radius 1 is 1.47 bits per heavy atom. The number of hydrogen-bond donors (Lipinski definition) is 1. The number of piperidine rings is 1. The average molecular weight is 295 g/mol. The first-order valence-corrected chi connectivity index (χ1v) is 7.73. The number of nitrogens with one attached hydrogen (secondary N) is 1. The van der Waals surface area contributed by atoms with Gasteiger partial charge in [0.05, 0.1) is 22.2 Å². The highest BCUT2D eigenvalue weighted by Gasteiger charge is 2.21. The van der Waals surface area contributed by atoms with Crippen LogP contribution in [-0.4, -0.2) is 23.4 Å². The Hall–Kier alpha value is -0.970. The standard InChI is InChI=1S/C14H15ClN2OS/c15-9-4-3-6-12-14(9)17-13(19-12)8-11(18)10-5-1-2-7-16-10/h3-4,6,10,16H,1-2,5,7-8H2/t10-/m0/s1. The summed E-state index contributed by atoms with van der Waals surface area (Å²) in [5.74, 6) is 0.245. The zero-order valence-electron chi connectivity index (χ0n) is 10.5. The van der Waals surface area contributed by atoms with Crippen molar-refractivity contribution < 1.29 is 4.79 Å². The van der Waals surface area contributed by atoms with Gasteiger partial charge in [0, 0.05) is 0 Å². The summed E-state index contributed by atoms with van der Waals surface area (Å²) in [5, 5.41) is 4.80. The van der Waals surface area contributed by atoms with Crippen LogP contribution < -0.4 is 5.32 Å². The van der Waals surface area contributed by atoms with E-state index in [9.17, 15) is 4.79 Å². The van der Waals surface area contributed by atoms with Crippen molar-refractivity contribution in [2.24, 2.45) is 0 Å². The number of carbonyl (C=O) groups excluding carboxylic acids is 1. The minimum atomic E-state index is 0.0104. The number of hydrogen-bond acceptors (Lipinski definition) is 4. The van der Waals surface area contributed by atoms with Crippen LogP contribution in [0.5, 0.6) is 0 Å². The molecule has 0 spiro atoms. The Labute approximate surface area is 121 Å². The fourth-order valence-electron chi connectivity index (χ4n) is 2.44. The van der Waals surface area contributed by atoms with Gasteiger partial charge in [0.2, 0.25) is 0 Å². The van der Waals surface area contributed by atoms with Gasteiger partial charge in [-0.05, 0) is 31.5 Å². The third-order valence-electron chi connectivity index (χ3n) is 3.44. The smallest absolute Gasteiger partial charge is 0.156 e. The molecule has 19 heavy (non-hydrogen) atoms. The highest BCUT2D eigenvalue weighted by Crippen LogP contribution is 2.28. The SMILES string of the molecule is O=C(Cc1nc2c(Cl)cccc2s1)[C@@H]1CCCCN1. The summed E-state index contributed by atoms with van der Waals surface area (Å²) in [7, 11) is 0. The summed E-state index contributed by atoms with van der Waals surface area (Å²) in [4.78, 5) is 16.7. The number of ketones is 1. The maximum Gasteiger partial charge on any atom is 0.156 e. The van der Waals surface area contributed by atoms with Crippen LogP contribution in [0.3, 0.4) is 0 Å². The highest BCUT2D eigenvalue weighted by molar-refractivity contribution is 7.18. The van der Waals surface area contributed by atoms with Crippen molar-refractivity contribution in [1.29, 1.82) is 0 Å². The molecule has 3 nitrogen and oxygen atoms in total. The van der Waals surface area contributed by atoms with Gasteiger partial charge < -0.3 is 5.32 Å². The van der Waals surface area contributed by atoms with E-state index in [0.29, 0.717) is 11.4 Å². The highest BCUT2D eigenvalue weighted by atomic mass is 35.5. The molecule has 0 aliphatic carbocycles. The number of para-hydroxylation sites is 1. The lowest BCUT2D eigenvalue weighted by molar-refractivity contribution is -0.120. The van der Waals surface area contributed by atoms with Gasteiger partial charge in [-0.3, -0.25) is 4.79 Å². The molecule has 0 unspecified atom stereocenters. The second-order valence-corrected chi connectivity index (χ2v) is 6.36. The summed E-state index contributed by atoms with van der Waals surface area (Å²) >= 11 is 7.66. The Morgan fingerprint density at radius 2 is 2.37 bits per heavy atom. The fourth-order valence-corrected chi connectivity index (χ4v) is 3.71. The molecule has 5 heteroatoms. The lowest BCUT2D eigenvalue weighted by atomic mass is 10.00. The number of benzene rings is 1. The van der Waals surface area contributed by atoms with E-state index in [1.807, 2.05) is 18.2 Å². The molecule has 0 radical (unpaired) electrons. The molecule has 1 aliphatic rings. The van der Waals surface area contributed by atoms with Crippen LogP contribution in [0.2, 0.25) is 5.02 Å². The third kappa shape index (κ3) is 2.81. The average Bonchev–Trinajstić information content (AvgIpc) is 2.84. The zero-order valence-corrected chi connectivity index (χ0v) is 12.1. The van der Waals surface area contributed by atoms with E-state index in [0.717, 1.165) is 34.6 Å². The van der Waals surface area contributed by atoms with Crippen LogP contribution >= 0.6 is 22.9 Å². The molecular formula is C14H15ClN2OS. The van der Waals surface area contributed by atoms with Gasteiger partial charge in [0.15, 0.2) is 5.78 Å². The zero-order chi connectivity index (χ0) is 13.2. The third-order valence-corrected chi connectivity index (χ3v) is 4.76. The molecule has 3 rings (SSSR count). The van der Waals surface area contributed by atoms with E-state index in [1.165, 1.54) is 6.42 Å². The Morgan fingerprint density at radius 3 is 3.11 bits per heavy atom. The minimum Gasteiger partial charge on any atom is -0.307 e. The van der Waals surface area contributed by atoms with E-state index < -0.39 is 0 Å². The molecule has 1 atom stereocenters. The molecule has 1 fully saturated rings. The van der Waals surface area contributed by atoms with E-state index in [-0.39, 0.29) is 11.8 Å². The predicted molar refractivity (Wildman–Crippen MR) is 79.0 cm³/mol. The van der Waals surface area contributed by atoms with Crippen LogP contribution in [0.4, 0.5) is 0 Å². The van der Waals surface area contributed by atoms with Crippen molar-refractivity contribution in [2.45, 2.75) is 31.7 Å². The van der Waals surface area contributed by atoms with E-state index >= 15 is 0 Å². The largest absolute Gasteiger partial charge is 0.307 e. The monoisotopic (exact) mass is 294 g/mol. The van der Waals surface area contributed by atoms with Crippen molar-refractivity contribution >= 4 is 38.9 Å². The fraction of sp³-hybridized carbons (Fsp3) is 0.429. The second-order valence-electron chi connectivity index (χ2n) is 4.84. The van der Waals surface area contributed by atoms with Gasteiger partial charge in [-0.25, -0.2) is 4.98 Å². The number of rotatable bonds is 3. The van der Waals surface area contributed by atoms with Crippen molar-refractivity contribution in [2.75, 3.05) is 6.54 Å². The van der Waals surface area contributed by atoms with Crippen LogP contribution in [0.25, 0.3) is 10.2 Å². The molecule has 100 valence electrons. The van der Waals surface area contributed by atoms with E-state index in [2.05, 4.69) is 10.3 Å². The molecule has 0 saturated carbocycles. The molecule has 0 bridgehead atoms. The summed E-state index contributed by atoms with van der Waals surface area (Å²) in [6, 6.07) is 5.75. The van der Waals surface area contributed by atoms with E-state index in [1.54, 1.807) is 11.3 Å². The quantitative estimate of drug-likeness (QED) is 0.945. The lowest BCUT2D eigenvalue weighted by Crippen LogP contribution is -2.41. The number of thiazole rings is 1. The first kappa shape index (κ1) is 13.0. The number of fused-ring (bicyclic) bond motifs is 1. The van der Waals surface area contributed by atoms with Gasteiger partial charge >= 0.3 is 0 Å². The summed E-state index contributed by atoms with van der Waals surface area (Å²) in [6.07, 6.45) is 3.66. The van der Waals surface area contributed by atoms with Crippen molar-refractivity contribution in [3.05, 3.63) is 28.2 Å². The normalized spacial score (nSPS) is 19.7. The Bertz CT molecular complexity index is 605. The van der Waals surface area contributed by atoms with E-state index in [4.69, 9.17) is 11.6 Å². The molecule has 1 aromatic heterocycles. The van der Waals surface area contributed by atoms with Gasteiger partial charge in [0.25, 0.3) is 0 Å². The van der Waals surface area contributed by atoms with Gasteiger partial charge in [-0.2, -0.15) is 0 Å². The number of halogens is 1. The maximum atomic E-state index is 12.2. The molecule has 2 heterocycles. The number of aromatic nitrogens is 1. The molecule has 2 aromatic rings. The lowest BCUT2D eigenvalue weighted by Gasteiger charge is -2.21. The Kier molecular flexibility index (Phi) is 3.82. The first-order valence-electron chi connectivity index (χ1n) is 6.54. The second kappa shape index (κ2) is 5.57. The van der Waals surface area contributed by atoms with Crippen LogP contribution in [0, 0.1) is 0 Å². The van der Waals surface area contributed by atoms with Gasteiger partial charge in [-0.1, -0.05) is 24.1 Å². The molecule has 1 aromatic carbocycles. The minimum absolute atomic E-state index is 0.0104.